The summed E-state index contributed by atoms with van der Waals surface area (Å²) in [7, 11) is 1.57. The van der Waals surface area contributed by atoms with E-state index in [0.29, 0.717) is 26.0 Å². The smallest absolute Gasteiger partial charge is 0.264 e. The SMILES string of the molecule is COCc1nc(-c2ccc(Cl)s2)[nH]c(=O)c1I. The Kier molecular flexibility index (Phi) is 4.18. The van der Waals surface area contributed by atoms with E-state index in [1.807, 2.05) is 28.7 Å². The summed E-state index contributed by atoms with van der Waals surface area (Å²) in [6, 6.07) is 3.60. The van der Waals surface area contributed by atoms with E-state index in [1.165, 1.54) is 11.3 Å². The largest absolute Gasteiger partial charge is 0.378 e. The minimum Gasteiger partial charge on any atom is -0.378 e. The van der Waals surface area contributed by atoms with E-state index in [2.05, 4.69) is 9.97 Å². The maximum Gasteiger partial charge on any atom is 0.264 e. The second kappa shape index (κ2) is 5.47. The number of H-pyrrole nitrogens is 1. The van der Waals surface area contributed by atoms with Gasteiger partial charge in [-0.1, -0.05) is 11.6 Å². The highest BCUT2D eigenvalue weighted by Gasteiger charge is 2.11. The lowest BCUT2D eigenvalue weighted by Gasteiger charge is -2.04. The first-order chi connectivity index (χ1) is 8.11. The molecule has 7 heteroatoms. The first kappa shape index (κ1) is 13.0. The number of ether oxygens (including phenoxy) is 1. The van der Waals surface area contributed by atoms with Crippen LogP contribution in [0.4, 0.5) is 0 Å². The Morgan fingerprint density at radius 1 is 1.59 bits per heavy atom. The summed E-state index contributed by atoms with van der Waals surface area (Å²) in [6.07, 6.45) is 0. The summed E-state index contributed by atoms with van der Waals surface area (Å²) in [5.74, 6) is 0.527. The molecule has 0 unspecified atom stereocenters. The molecule has 0 aromatic carbocycles. The lowest BCUT2D eigenvalue weighted by Crippen LogP contribution is -2.16. The molecule has 0 amide bonds. The third-order valence-corrected chi connectivity index (χ3v) is 4.37. The predicted molar refractivity (Wildman–Crippen MR) is 76.6 cm³/mol. The van der Waals surface area contributed by atoms with Gasteiger partial charge in [0.2, 0.25) is 0 Å². The van der Waals surface area contributed by atoms with Gasteiger partial charge in [-0.25, -0.2) is 4.98 Å². The molecular weight excluding hydrogens is 375 g/mol. The third kappa shape index (κ3) is 2.87. The number of halogens is 2. The molecule has 4 nitrogen and oxygen atoms in total. The highest BCUT2D eigenvalue weighted by molar-refractivity contribution is 14.1. The van der Waals surface area contributed by atoms with Crippen molar-refractivity contribution < 1.29 is 4.74 Å². The van der Waals surface area contributed by atoms with E-state index in [4.69, 9.17) is 16.3 Å². The first-order valence-electron chi connectivity index (χ1n) is 4.65. The van der Waals surface area contributed by atoms with Crippen molar-refractivity contribution in [3.8, 4) is 10.7 Å². The Balaban J connectivity index is 2.52. The van der Waals surface area contributed by atoms with Gasteiger partial charge in [0, 0.05) is 7.11 Å². The number of aromatic amines is 1. The minimum atomic E-state index is -0.160. The molecular formula is C10H8ClIN2O2S. The van der Waals surface area contributed by atoms with Gasteiger partial charge >= 0.3 is 0 Å². The summed E-state index contributed by atoms with van der Waals surface area (Å²) in [4.78, 5) is 19.7. The van der Waals surface area contributed by atoms with Gasteiger partial charge in [-0.2, -0.15) is 0 Å². The van der Waals surface area contributed by atoms with Crippen molar-refractivity contribution >= 4 is 45.5 Å². The molecule has 0 saturated carbocycles. The van der Waals surface area contributed by atoms with Crippen LogP contribution >= 0.6 is 45.5 Å². The van der Waals surface area contributed by atoms with Crippen LogP contribution in [0.25, 0.3) is 10.7 Å². The fourth-order valence-electron chi connectivity index (χ4n) is 1.30. The molecule has 0 bridgehead atoms. The molecule has 17 heavy (non-hydrogen) atoms. The molecule has 2 aromatic heterocycles. The Morgan fingerprint density at radius 3 is 2.94 bits per heavy atom. The van der Waals surface area contributed by atoms with Gasteiger partial charge in [0.05, 0.1) is 21.5 Å². The number of nitrogens with zero attached hydrogens (tertiary/aromatic N) is 1. The average Bonchev–Trinajstić information content (AvgIpc) is 2.71. The maximum atomic E-state index is 11.7. The molecule has 2 heterocycles. The lowest BCUT2D eigenvalue weighted by atomic mass is 10.4. The molecule has 0 aliphatic heterocycles. The van der Waals surface area contributed by atoms with E-state index in [-0.39, 0.29) is 5.56 Å². The van der Waals surface area contributed by atoms with Crippen molar-refractivity contribution in [3.05, 3.63) is 36.1 Å². The van der Waals surface area contributed by atoms with Crippen LogP contribution in [0.2, 0.25) is 4.34 Å². The Bertz CT molecular complexity index is 596. The summed E-state index contributed by atoms with van der Waals surface area (Å²) >= 11 is 9.19. The van der Waals surface area contributed by atoms with Gasteiger partial charge < -0.3 is 9.72 Å². The van der Waals surface area contributed by atoms with Gasteiger partial charge in [0.25, 0.3) is 5.56 Å². The van der Waals surface area contributed by atoms with Crippen molar-refractivity contribution in [2.45, 2.75) is 6.61 Å². The van der Waals surface area contributed by atoms with Crippen LogP contribution in [-0.2, 0) is 11.3 Å². The molecule has 2 rings (SSSR count). The number of hydrogen-bond donors (Lipinski definition) is 1. The van der Waals surface area contributed by atoms with Gasteiger partial charge in [0.15, 0.2) is 5.82 Å². The number of methoxy groups -OCH3 is 1. The van der Waals surface area contributed by atoms with E-state index >= 15 is 0 Å². The Labute approximate surface area is 120 Å². The quantitative estimate of drug-likeness (QED) is 0.831. The van der Waals surface area contributed by atoms with E-state index in [9.17, 15) is 4.79 Å². The van der Waals surface area contributed by atoms with Crippen LogP contribution in [0.5, 0.6) is 0 Å². The predicted octanol–water partition coefficient (Wildman–Crippen LogP) is 2.90. The molecule has 1 N–H and O–H groups in total. The maximum absolute atomic E-state index is 11.7. The monoisotopic (exact) mass is 382 g/mol. The van der Waals surface area contributed by atoms with Crippen molar-refractivity contribution in [2.24, 2.45) is 0 Å². The number of nitrogens with one attached hydrogen (secondary N) is 1. The summed E-state index contributed by atoms with van der Waals surface area (Å²) < 4.78 is 6.23. The molecule has 0 saturated heterocycles. The van der Waals surface area contributed by atoms with Crippen molar-refractivity contribution in [3.63, 3.8) is 0 Å². The minimum absolute atomic E-state index is 0.160. The third-order valence-electron chi connectivity index (χ3n) is 2.02. The summed E-state index contributed by atoms with van der Waals surface area (Å²) in [5, 5.41) is 0. The van der Waals surface area contributed by atoms with Gasteiger partial charge in [-0.05, 0) is 34.7 Å². The van der Waals surface area contributed by atoms with Crippen LogP contribution in [0, 0.1) is 3.57 Å². The molecule has 2 aromatic rings. The molecule has 90 valence electrons. The number of thiophene rings is 1. The van der Waals surface area contributed by atoms with Gasteiger partial charge in [-0.15, -0.1) is 11.3 Å². The van der Waals surface area contributed by atoms with Crippen molar-refractivity contribution in [1.82, 2.24) is 9.97 Å². The zero-order valence-electron chi connectivity index (χ0n) is 8.79. The highest BCUT2D eigenvalue weighted by Crippen LogP contribution is 2.28. The molecule has 0 fully saturated rings. The van der Waals surface area contributed by atoms with Gasteiger partial charge in [0.1, 0.15) is 3.57 Å². The van der Waals surface area contributed by atoms with Crippen LogP contribution in [0.15, 0.2) is 16.9 Å². The topological polar surface area (TPSA) is 55.0 Å². The van der Waals surface area contributed by atoms with Crippen molar-refractivity contribution in [1.29, 1.82) is 0 Å². The second-order valence-corrected chi connectivity index (χ2v) is 6.01. The average molecular weight is 383 g/mol. The highest BCUT2D eigenvalue weighted by atomic mass is 127. The Hall–Kier alpha value is -0.440. The summed E-state index contributed by atoms with van der Waals surface area (Å²) in [6.45, 7) is 0.314. The molecule has 0 aliphatic carbocycles. The van der Waals surface area contributed by atoms with Crippen LogP contribution < -0.4 is 5.56 Å². The molecule has 0 radical (unpaired) electrons. The lowest BCUT2D eigenvalue weighted by molar-refractivity contribution is 0.180. The second-order valence-electron chi connectivity index (χ2n) is 3.21. The zero-order chi connectivity index (χ0) is 12.4. The Morgan fingerprint density at radius 2 is 2.35 bits per heavy atom. The van der Waals surface area contributed by atoms with Crippen molar-refractivity contribution in [2.75, 3.05) is 7.11 Å². The number of aromatic nitrogens is 2. The zero-order valence-corrected chi connectivity index (χ0v) is 12.5. The fraction of sp³-hybridized carbons (Fsp3) is 0.200. The van der Waals surface area contributed by atoms with Gasteiger partial charge in [-0.3, -0.25) is 4.79 Å². The summed E-state index contributed by atoms with van der Waals surface area (Å²) in [5.41, 5.74) is 0.476. The van der Waals surface area contributed by atoms with E-state index < -0.39 is 0 Å². The molecule has 0 atom stereocenters. The van der Waals surface area contributed by atoms with Crippen LogP contribution in [-0.4, -0.2) is 17.1 Å². The first-order valence-corrected chi connectivity index (χ1v) is 6.92. The number of hydrogen-bond acceptors (Lipinski definition) is 4. The van der Waals surface area contributed by atoms with Crippen LogP contribution in [0.3, 0.4) is 0 Å². The van der Waals surface area contributed by atoms with Crippen LogP contribution in [0.1, 0.15) is 5.69 Å². The molecule has 0 aliphatic rings. The number of rotatable bonds is 3. The normalized spacial score (nSPS) is 10.8. The van der Waals surface area contributed by atoms with E-state index in [1.54, 1.807) is 13.2 Å². The molecule has 0 spiro atoms. The fourth-order valence-corrected chi connectivity index (χ4v) is 2.70. The standard InChI is InChI=1S/C10H8ClIN2O2S/c1-16-4-5-8(12)10(15)14-9(13-5)6-2-3-7(11)17-6/h2-3H,4H2,1H3,(H,13,14,15). The van der Waals surface area contributed by atoms with E-state index in [0.717, 1.165) is 4.88 Å².